The molecule has 1 atom stereocenters. The summed E-state index contributed by atoms with van der Waals surface area (Å²) in [7, 11) is -0.108. The van der Waals surface area contributed by atoms with E-state index in [2.05, 4.69) is 19.4 Å². The monoisotopic (exact) mass is 146 g/mol. The van der Waals surface area contributed by atoms with Crippen LogP contribution in [0.1, 0.15) is 19.8 Å². The predicted octanol–water partition coefficient (Wildman–Crippen LogP) is 2.48. The zero-order valence-electron chi connectivity index (χ0n) is 6.81. The van der Waals surface area contributed by atoms with Crippen LogP contribution in [0, 0.1) is 5.92 Å². The molecular formula is C8H18S. The Bertz CT molecular complexity index is 96.7. The van der Waals surface area contributed by atoms with Crippen LogP contribution in [-0.4, -0.2) is 24.0 Å². The first-order chi connectivity index (χ1) is 4.14. The summed E-state index contributed by atoms with van der Waals surface area (Å²) in [5.74, 6) is 4.16. The first-order valence-electron chi connectivity index (χ1n) is 3.83. The van der Waals surface area contributed by atoms with E-state index in [1.807, 2.05) is 0 Å². The average Bonchev–Trinajstić information content (AvgIpc) is 2.10. The minimum absolute atomic E-state index is 0.108. The van der Waals surface area contributed by atoms with Crippen LogP contribution in [0.15, 0.2) is 0 Å². The molecular weight excluding hydrogens is 128 g/mol. The van der Waals surface area contributed by atoms with Crippen LogP contribution in [-0.2, 0) is 0 Å². The van der Waals surface area contributed by atoms with Crippen molar-refractivity contribution in [2.75, 3.05) is 24.0 Å². The van der Waals surface area contributed by atoms with Gasteiger partial charge >= 0.3 is 0 Å². The van der Waals surface area contributed by atoms with Gasteiger partial charge in [-0.15, -0.1) is 0 Å². The van der Waals surface area contributed by atoms with E-state index in [1.54, 1.807) is 5.75 Å². The van der Waals surface area contributed by atoms with Crippen LogP contribution in [0.3, 0.4) is 0 Å². The van der Waals surface area contributed by atoms with Gasteiger partial charge in [-0.25, -0.2) is 10.0 Å². The van der Waals surface area contributed by atoms with Crippen LogP contribution in [0.5, 0.6) is 0 Å². The molecule has 1 saturated heterocycles. The number of hydrogen-bond donors (Lipinski definition) is 0. The maximum atomic E-state index is 2.47. The third-order valence-electron chi connectivity index (χ3n) is 2.34. The molecule has 1 unspecified atom stereocenters. The van der Waals surface area contributed by atoms with Gasteiger partial charge in [0.05, 0.1) is 0 Å². The van der Waals surface area contributed by atoms with Gasteiger partial charge in [0.25, 0.3) is 0 Å². The molecule has 0 spiro atoms. The van der Waals surface area contributed by atoms with E-state index in [0.717, 1.165) is 5.92 Å². The normalized spacial score (nSPS) is 36.6. The maximum Gasteiger partial charge on any atom is -0.0204 e. The fourth-order valence-electron chi connectivity index (χ4n) is 1.61. The quantitative estimate of drug-likeness (QED) is 0.533. The van der Waals surface area contributed by atoms with Gasteiger partial charge in [-0.3, -0.25) is 0 Å². The smallest absolute Gasteiger partial charge is 0.0204 e. The Morgan fingerprint density at radius 2 is 2.11 bits per heavy atom. The standard InChI is InChI=1S/C8H18S/c1-4-8-5-6-9(2,3)7-8/h8H,4-7H2,1-3H3. The van der Waals surface area contributed by atoms with Crippen LogP contribution in [0.2, 0.25) is 0 Å². The van der Waals surface area contributed by atoms with Crippen molar-refractivity contribution in [1.29, 1.82) is 0 Å². The SMILES string of the molecule is CCC1CCS(C)(C)C1. The van der Waals surface area contributed by atoms with Crippen LogP contribution >= 0.6 is 10.0 Å². The summed E-state index contributed by atoms with van der Waals surface area (Å²) in [6.45, 7) is 2.32. The summed E-state index contributed by atoms with van der Waals surface area (Å²) in [5, 5.41) is 0. The van der Waals surface area contributed by atoms with Gasteiger partial charge in [0.1, 0.15) is 0 Å². The summed E-state index contributed by atoms with van der Waals surface area (Å²) in [4.78, 5) is 0. The van der Waals surface area contributed by atoms with Crippen molar-refractivity contribution >= 4 is 10.0 Å². The van der Waals surface area contributed by atoms with Gasteiger partial charge in [0.15, 0.2) is 0 Å². The van der Waals surface area contributed by atoms with Crippen molar-refractivity contribution in [2.45, 2.75) is 19.8 Å². The van der Waals surface area contributed by atoms with Crippen molar-refractivity contribution in [3.8, 4) is 0 Å². The number of hydrogen-bond acceptors (Lipinski definition) is 0. The zero-order chi connectivity index (χ0) is 6.91. The topological polar surface area (TPSA) is 0 Å². The van der Waals surface area contributed by atoms with Crippen molar-refractivity contribution in [2.24, 2.45) is 5.92 Å². The van der Waals surface area contributed by atoms with Crippen LogP contribution in [0.25, 0.3) is 0 Å². The molecule has 1 heterocycles. The summed E-state index contributed by atoms with van der Waals surface area (Å²) >= 11 is 0. The molecule has 0 amide bonds. The van der Waals surface area contributed by atoms with Gasteiger partial charge in [0, 0.05) is 0 Å². The molecule has 0 aromatic carbocycles. The highest BCUT2D eigenvalue weighted by Gasteiger charge is 2.25. The fraction of sp³-hybridized carbons (Fsp3) is 1.00. The Balaban J connectivity index is 2.38. The molecule has 1 aliphatic heterocycles. The van der Waals surface area contributed by atoms with E-state index in [1.165, 1.54) is 18.6 Å². The zero-order valence-corrected chi connectivity index (χ0v) is 7.63. The van der Waals surface area contributed by atoms with E-state index < -0.39 is 0 Å². The molecule has 1 aliphatic rings. The Labute approximate surface area is 60.3 Å². The molecule has 0 aromatic rings. The van der Waals surface area contributed by atoms with Gasteiger partial charge < -0.3 is 0 Å². The summed E-state index contributed by atoms with van der Waals surface area (Å²) in [6.07, 6.45) is 7.88. The van der Waals surface area contributed by atoms with E-state index in [0.29, 0.717) is 0 Å². The molecule has 9 heavy (non-hydrogen) atoms. The molecule has 0 saturated carbocycles. The lowest BCUT2D eigenvalue weighted by Crippen LogP contribution is -1.99. The Hall–Kier alpha value is 0.350. The van der Waals surface area contributed by atoms with Crippen molar-refractivity contribution < 1.29 is 0 Å². The molecule has 0 aromatic heterocycles. The minimum Gasteiger partial charge on any atom is -0.246 e. The van der Waals surface area contributed by atoms with Crippen molar-refractivity contribution in [3.05, 3.63) is 0 Å². The first kappa shape index (κ1) is 7.46. The Morgan fingerprint density at radius 1 is 1.44 bits per heavy atom. The second kappa shape index (κ2) is 2.53. The van der Waals surface area contributed by atoms with Gasteiger partial charge in [-0.1, -0.05) is 13.3 Å². The highest BCUT2D eigenvalue weighted by molar-refractivity contribution is 8.32. The minimum atomic E-state index is -0.108. The molecule has 0 nitrogen and oxygen atoms in total. The molecule has 1 heteroatoms. The molecule has 0 bridgehead atoms. The lowest BCUT2D eigenvalue weighted by Gasteiger charge is -2.24. The average molecular weight is 146 g/mol. The second-order valence-electron chi connectivity index (χ2n) is 3.70. The number of rotatable bonds is 1. The fourth-order valence-corrected chi connectivity index (χ4v) is 4.43. The molecule has 1 rings (SSSR count). The Kier molecular flexibility index (Phi) is 2.10. The highest BCUT2D eigenvalue weighted by atomic mass is 32.3. The van der Waals surface area contributed by atoms with Gasteiger partial charge in [-0.05, 0) is 36.4 Å². The van der Waals surface area contributed by atoms with Crippen molar-refractivity contribution in [3.63, 3.8) is 0 Å². The highest BCUT2D eigenvalue weighted by Crippen LogP contribution is 2.49. The predicted molar refractivity (Wildman–Crippen MR) is 47.6 cm³/mol. The largest absolute Gasteiger partial charge is 0.246 e. The third kappa shape index (κ3) is 1.89. The molecule has 56 valence electrons. The van der Waals surface area contributed by atoms with E-state index >= 15 is 0 Å². The molecule has 0 aliphatic carbocycles. The van der Waals surface area contributed by atoms with E-state index in [-0.39, 0.29) is 10.0 Å². The lowest BCUT2D eigenvalue weighted by atomic mass is 10.1. The first-order valence-corrected chi connectivity index (χ1v) is 6.61. The van der Waals surface area contributed by atoms with Gasteiger partial charge in [-0.2, -0.15) is 0 Å². The molecule has 0 N–H and O–H groups in total. The lowest BCUT2D eigenvalue weighted by molar-refractivity contribution is 0.578. The summed E-state index contributed by atoms with van der Waals surface area (Å²) in [6, 6.07) is 0. The maximum absolute atomic E-state index is 2.47. The second-order valence-corrected chi connectivity index (χ2v) is 7.98. The molecule has 1 fully saturated rings. The van der Waals surface area contributed by atoms with Gasteiger partial charge in [0.2, 0.25) is 0 Å². The Morgan fingerprint density at radius 3 is 2.33 bits per heavy atom. The van der Waals surface area contributed by atoms with Crippen LogP contribution < -0.4 is 0 Å². The molecule has 0 radical (unpaired) electrons. The van der Waals surface area contributed by atoms with E-state index in [9.17, 15) is 0 Å². The van der Waals surface area contributed by atoms with E-state index in [4.69, 9.17) is 0 Å². The summed E-state index contributed by atoms with van der Waals surface area (Å²) < 4.78 is 0. The third-order valence-corrected chi connectivity index (χ3v) is 5.06. The summed E-state index contributed by atoms with van der Waals surface area (Å²) in [5.41, 5.74) is 0. The van der Waals surface area contributed by atoms with Crippen LogP contribution in [0.4, 0.5) is 0 Å². The van der Waals surface area contributed by atoms with Crippen molar-refractivity contribution in [1.82, 2.24) is 0 Å².